The van der Waals surface area contributed by atoms with Crippen molar-refractivity contribution >= 4 is 44.8 Å². The minimum absolute atomic E-state index is 0.104. The Bertz CT molecular complexity index is 634. The molecule has 104 valence electrons. The van der Waals surface area contributed by atoms with Crippen LogP contribution in [0.4, 0.5) is 11.4 Å². The molecular formula is C14H12BrClN2O2. The lowest BCUT2D eigenvalue weighted by molar-refractivity contribution is -0.118. The Labute approximate surface area is 130 Å². The Morgan fingerprint density at radius 3 is 2.80 bits per heavy atom. The lowest BCUT2D eigenvalue weighted by atomic mass is 10.3. The summed E-state index contributed by atoms with van der Waals surface area (Å²) in [5.41, 5.74) is 6.76. The summed E-state index contributed by atoms with van der Waals surface area (Å²) < 4.78 is 6.23. The van der Waals surface area contributed by atoms with Crippen LogP contribution in [0.2, 0.25) is 5.02 Å². The van der Waals surface area contributed by atoms with E-state index >= 15 is 0 Å². The van der Waals surface area contributed by atoms with Gasteiger partial charge in [-0.2, -0.15) is 0 Å². The van der Waals surface area contributed by atoms with Crippen LogP contribution in [0.3, 0.4) is 0 Å². The van der Waals surface area contributed by atoms with E-state index in [-0.39, 0.29) is 12.5 Å². The summed E-state index contributed by atoms with van der Waals surface area (Å²) >= 11 is 9.20. The second-order valence-corrected chi connectivity index (χ2v) is 5.35. The quantitative estimate of drug-likeness (QED) is 0.822. The number of rotatable bonds is 4. The number of nitrogen functional groups attached to an aromatic ring is 1. The number of ether oxygens (including phenoxy) is 1. The standard InChI is InChI=1S/C14H12BrClN2O2/c15-9-2-1-3-10(6-9)18-14(19)8-20-11-4-5-13(17)12(16)7-11/h1-7H,8,17H2,(H,18,19). The first kappa shape index (κ1) is 14.7. The summed E-state index contributed by atoms with van der Waals surface area (Å²) in [6.07, 6.45) is 0. The van der Waals surface area contributed by atoms with Gasteiger partial charge in [-0.05, 0) is 30.3 Å². The molecule has 0 saturated heterocycles. The number of nitrogens with two attached hydrogens (primary N) is 1. The molecule has 1 amide bonds. The summed E-state index contributed by atoms with van der Waals surface area (Å²) in [5, 5.41) is 3.13. The maximum Gasteiger partial charge on any atom is 0.262 e. The number of nitrogens with one attached hydrogen (secondary N) is 1. The van der Waals surface area contributed by atoms with Crippen LogP contribution >= 0.6 is 27.5 Å². The number of benzene rings is 2. The first-order valence-electron chi connectivity index (χ1n) is 5.78. The SMILES string of the molecule is Nc1ccc(OCC(=O)Nc2cccc(Br)c2)cc1Cl. The van der Waals surface area contributed by atoms with Crippen LogP contribution in [-0.4, -0.2) is 12.5 Å². The van der Waals surface area contributed by atoms with Gasteiger partial charge in [-0.25, -0.2) is 0 Å². The predicted molar refractivity (Wildman–Crippen MR) is 84.1 cm³/mol. The molecule has 4 nitrogen and oxygen atoms in total. The zero-order chi connectivity index (χ0) is 14.5. The molecule has 0 bridgehead atoms. The molecule has 0 saturated carbocycles. The predicted octanol–water partition coefficient (Wildman–Crippen LogP) is 3.70. The van der Waals surface area contributed by atoms with Crippen molar-refractivity contribution in [3.8, 4) is 5.75 Å². The van der Waals surface area contributed by atoms with E-state index in [1.807, 2.05) is 12.1 Å². The molecule has 2 aromatic carbocycles. The van der Waals surface area contributed by atoms with E-state index in [1.165, 1.54) is 0 Å². The van der Waals surface area contributed by atoms with Gasteiger partial charge in [-0.15, -0.1) is 0 Å². The van der Waals surface area contributed by atoms with E-state index in [1.54, 1.807) is 30.3 Å². The zero-order valence-electron chi connectivity index (χ0n) is 10.4. The molecule has 0 heterocycles. The third-order valence-electron chi connectivity index (χ3n) is 2.45. The third-order valence-corrected chi connectivity index (χ3v) is 3.27. The van der Waals surface area contributed by atoms with Gasteiger partial charge in [0.2, 0.25) is 0 Å². The molecule has 0 aliphatic rings. The number of amides is 1. The van der Waals surface area contributed by atoms with Crippen molar-refractivity contribution < 1.29 is 9.53 Å². The van der Waals surface area contributed by atoms with E-state index in [9.17, 15) is 4.79 Å². The van der Waals surface area contributed by atoms with Crippen LogP contribution in [-0.2, 0) is 4.79 Å². The Kier molecular flexibility index (Phi) is 4.87. The Hall–Kier alpha value is -1.72. The van der Waals surface area contributed by atoms with Crippen LogP contribution in [0.5, 0.6) is 5.75 Å². The van der Waals surface area contributed by atoms with Gasteiger partial charge < -0.3 is 15.8 Å². The molecule has 2 aromatic rings. The van der Waals surface area contributed by atoms with Crippen molar-refractivity contribution in [3.63, 3.8) is 0 Å². The van der Waals surface area contributed by atoms with Crippen molar-refractivity contribution in [2.75, 3.05) is 17.7 Å². The number of carbonyl (C=O) groups is 1. The van der Waals surface area contributed by atoms with Crippen LogP contribution < -0.4 is 15.8 Å². The Morgan fingerprint density at radius 1 is 1.30 bits per heavy atom. The molecule has 0 atom stereocenters. The molecule has 0 aliphatic carbocycles. The average molecular weight is 356 g/mol. The molecule has 3 N–H and O–H groups in total. The maximum atomic E-state index is 11.7. The Morgan fingerprint density at radius 2 is 2.10 bits per heavy atom. The highest BCUT2D eigenvalue weighted by molar-refractivity contribution is 9.10. The van der Waals surface area contributed by atoms with E-state index in [0.717, 1.165) is 4.47 Å². The van der Waals surface area contributed by atoms with Crippen molar-refractivity contribution in [1.82, 2.24) is 0 Å². The molecule has 0 aromatic heterocycles. The molecular weight excluding hydrogens is 344 g/mol. The van der Waals surface area contributed by atoms with Gasteiger partial charge in [0, 0.05) is 16.2 Å². The van der Waals surface area contributed by atoms with E-state index < -0.39 is 0 Å². The molecule has 0 spiro atoms. The van der Waals surface area contributed by atoms with Gasteiger partial charge in [0.1, 0.15) is 5.75 Å². The number of hydrogen-bond donors (Lipinski definition) is 2. The molecule has 0 aliphatic heterocycles. The van der Waals surface area contributed by atoms with Gasteiger partial charge in [-0.1, -0.05) is 33.6 Å². The van der Waals surface area contributed by atoms with Crippen LogP contribution in [0.15, 0.2) is 46.9 Å². The number of halogens is 2. The molecule has 2 rings (SSSR count). The molecule has 0 fully saturated rings. The highest BCUT2D eigenvalue weighted by atomic mass is 79.9. The molecule has 0 unspecified atom stereocenters. The second-order valence-electron chi connectivity index (χ2n) is 4.03. The van der Waals surface area contributed by atoms with Crippen molar-refractivity contribution in [2.24, 2.45) is 0 Å². The highest BCUT2D eigenvalue weighted by Crippen LogP contribution is 2.24. The number of anilines is 2. The van der Waals surface area contributed by atoms with Gasteiger partial charge in [0.05, 0.1) is 10.7 Å². The number of carbonyl (C=O) groups excluding carboxylic acids is 1. The molecule has 0 radical (unpaired) electrons. The lowest BCUT2D eigenvalue weighted by Gasteiger charge is -2.08. The van der Waals surface area contributed by atoms with Gasteiger partial charge in [0.25, 0.3) is 5.91 Å². The van der Waals surface area contributed by atoms with Crippen LogP contribution in [0.1, 0.15) is 0 Å². The fraction of sp³-hybridized carbons (Fsp3) is 0.0714. The lowest BCUT2D eigenvalue weighted by Crippen LogP contribution is -2.20. The van der Waals surface area contributed by atoms with Crippen LogP contribution in [0, 0.1) is 0 Å². The molecule has 6 heteroatoms. The maximum absolute atomic E-state index is 11.7. The van der Waals surface area contributed by atoms with E-state index in [4.69, 9.17) is 22.1 Å². The Balaban J connectivity index is 1.90. The van der Waals surface area contributed by atoms with Gasteiger partial charge in [0.15, 0.2) is 6.61 Å². The summed E-state index contributed by atoms with van der Waals surface area (Å²) in [7, 11) is 0. The van der Waals surface area contributed by atoms with E-state index in [0.29, 0.717) is 22.1 Å². The van der Waals surface area contributed by atoms with Crippen molar-refractivity contribution in [2.45, 2.75) is 0 Å². The van der Waals surface area contributed by atoms with E-state index in [2.05, 4.69) is 21.2 Å². The zero-order valence-corrected chi connectivity index (χ0v) is 12.7. The average Bonchev–Trinajstić information content (AvgIpc) is 2.40. The third kappa shape index (κ3) is 4.15. The van der Waals surface area contributed by atoms with Gasteiger partial charge in [-0.3, -0.25) is 4.79 Å². The fourth-order valence-electron chi connectivity index (χ4n) is 1.51. The summed E-state index contributed by atoms with van der Waals surface area (Å²) in [6, 6.07) is 12.2. The second kappa shape index (κ2) is 6.63. The minimum Gasteiger partial charge on any atom is -0.484 e. The van der Waals surface area contributed by atoms with Gasteiger partial charge >= 0.3 is 0 Å². The smallest absolute Gasteiger partial charge is 0.262 e. The van der Waals surface area contributed by atoms with Crippen molar-refractivity contribution in [1.29, 1.82) is 0 Å². The monoisotopic (exact) mass is 354 g/mol. The fourth-order valence-corrected chi connectivity index (χ4v) is 2.08. The van der Waals surface area contributed by atoms with Crippen LogP contribution in [0.25, 0.3) is 0 Å². The normalized spacial score (nSPS) is 10.1. The topological polar surface area (TPSA) is 64.3 Å². The highest BCUT2D eigenvalue weighted by Gasteiger charge is 2.05. The summed E-state index contributed by atoms with van der Waals surface area (Å²) in [6.45, 7) is -0.104. The summed E-state index contributed by atoms with van der Waals surface area (Å²) in [4.78, 5) is 11.7. The van der Waals surface area contributed by atoms with Crippen molar-refractivity contribution in [3.05, 3.63) is 52.0 Å². The first-order chi connectivity index (χ1) is 9.54. The minimum atomic E-state index is -0.254. The largest absolute Gasteiger partial charge is 0.484 e. The first-order valence-corrected chi connectivity index (χ1v) is 6.95. The molecule has 20 heavy (non-hydrogen) atoms. The number of hydrogen-bond acceptors (Lipinski definition) is 3. The summed E-state index contributed by atoms with van der Waals surface area (Å²) in [5.74, 6) is 0.240.